The molecule has 1 amide bonds. The second kappa shape index (κ2) is 5.03. The maximum absolute atomic E-state index is 11.9. The maximum atomic E-state index is 11.9. The van der Waals surface area contributed by atoms with Crippen LogP contribution >= 0.6 is 38.9 Å². The molecule has 0 radical (unpaired) electrons. The lowest BCUT2D eigenvalue weighted by atomic mass is 10.2. The largest absolute Gasteiger partial charge is 0.398 e. The Morgan fingerprint density at radius 2 is 2.29 bits per heavy atom. The molecular weight excluding hydrogens is 326 g/mol. The van der Waals surface area contributed by atoms with Crippen molar-refractivity contribution in [2.24, 2.45) is 0 Å². The SMILES string of the molecule is Nc1cccc(C(=O)Nc2ncc(Br)s2)c1Cl. The summed E-state index contributed by atoms with van der Waals surface area (Å²) in [5.74, 6) is -0.329. The van der Waals surface area contributed by atoms with Crippen LogP contribution in [0.3, 0.4) is 0 Å². The van der Waals surface area contributed by atoms with Crippen molar-refractivity contribution in [3.8, 4) is 0 Å². The minimum Gasteiger partial charge on any atom is -0.398 e. The van der Waals surface area contributed by atoms with Gasteiger partial charge in [-0.1, -0.05) is 29.0 Å². The van der Waals surface area contributed by atoms with Gasteiger partial charge in [-0.25, -0.2) is 4.98 Å². The van der Waals surface area contributed by atoms with E-state index in [2.05, 4.69) is 26.2 Å². The van der Waals surface area contributed by atoms with Gasteiger partial charge in [-0.2, -0.15) is 0 Å². The third-order valence-corrected chi connectivity index (χ3v) is 3.78. The van der Waals surface area contributed by atoms with E-state index < -0.39 is 0 Å². The minimum absolute atomic E-state index is 0.251. The van der Waals surface area contributed by atoms with Gasteiger partial charge in [0, 0.05) is 0 Å². The molecule has 0 fully saturated rings. The number of nitrogens with two attached hydrogens (primary N) is 1. The Bertz CT molecular complexity index is 572. The highest BCUT2D eigenvalue weighted by Gasteiger charge is 2.13. The predicted octanol–water partition coefficient (Wildman–Crippen LogP) is 3.39. The van der Waals surface area contributed by atoms with Crippen molar-refractivity contribution in [3.63, 3.8) is 0 Å². The highest BCUT2D eigenvalue weighted by Crippen LogP contribution is 2.26. The average molecular weight is 333 g/mol. The van der Waals surface area contributed by atoms with Crippen LogP contribution in [0.1, 0.15) is 10.4 Å². The second-order valence-corrected chi connectivity index (χ2v) is 5.92. The summed E-state index contributed by atoms with van der Waals surface area (Å²) >= 11 is 10.5. The van der Waals surface area contributed by atoms with Gasteiger partial charge in [-0.15, -0.1) is 0 Å². The van der Waals surface area contributed by atoms with Gasteiger partial charge in [0.1, 0.15) is 0 Å². The first-order valence-corrected chi connectivity index (χ1v) is 6.53. The predicted molar refractivity (Wildman–Crippen MR) is 73.6 cm³/mol. The molecule has 0 aliphatic rings. The molecule has 0 aliphatic heterocycles. The van der Waals surface area contributed by atoms with Crippen molar-refractivity contribution < 1.29 is 4.79 Å². The van der Waals surface area contributed by atoms with Gasteiger partial charge >= 0.3 is 0 Å². The fourth-order valence-corrected chi connectivity index (χ4v) is 2.52. The quantitative estimate of drug-likeness (QED) is 0.828. The molecule has 88 valence electrons. The molecule has 0 unspecified atom stereocenters. The van der Waals surface area contributed by atoms with Crippen LogP contribution in [0.2, 0.25) is 5.02 Å². The molecule has 0 atom stereocenters. The summed E-state index contributed by atoms with van der Waals surface area (Å²) in [6, 6.07) is 4.92. The molecule has 2 rings (SSSR count). The molecule has 3 N–H and O–H groups in total. The Kier molecular flexibility index (Phi) is 3.66. The van der Waals surface area contributed by atoms with Crippen molar-refractivity contribution in [1.82, 2.24) is 4.98 Å². The van der Waals surface area contributed by atoms with Crippen LogP contribution in [0.5, 0.6) is 0 Å². The Morgan fingerprint density at radius 1 is 1.53 bits per heavy atom. The standard InChI is InChI=1S/C10H7BrClN3OS/c11-7-4-14-10(17-7)15-9(16)5-2-1-3-6(13)8(5)12/h1-4H,13H2,(H,14,15,16). The monoisotopic (exact) mass is 331 g/mol. The second-order valence-electron chi connectivity index (χ2n) is 3.13. The number of anilines is 2. The van der Waals surface area contributed by atoms with E-state index in [0.717, 1.165) is 3.79 Å². The topological polar surface area (TPSA) is 68.0 Å². The first kappa shape index (κ1) is 12.3. The number of nitrogen functional groups attached to an aromatic ring is 1. The molecule has 0 saturated heterocycles. The number of hydrogen-bond donors (Lipinski definition) is 2. The normalized spacial score (nSPS) is 10.2. The molecule has 1 aromatic carbocycles. The van der Waals surface area contributed by atoms with E-state index in [0.29, 0.717) is 16.4 Å². The van der Waals surface area contributed by atoms with E-state index in [-0.39, 0.29) is 10.9 Å². The molecule has 4 nitrogen and oxygen atoms in total. The third kappa shape index (κ3) is 2.77. The number of amides is 1. The first-order chi connectivity index (χ1) is 8.08. The number of rotatable bonds is 2. The molecule has 1 heterocycles. The van der Waals surface area contributed by atoms with Crippen molar-refractivity contribution in [1.29, 1.82) is 0 Å². The zero-order valence-corrected chi connectivity index (χ0v) is 11.6. The van der Waals surface area contributed by atoms with E-state index in [1.165, 1.54) is 11.3 Å². The minimum atomic E-state index is -0.329. The fraction of sp³-hybridized carbons (Fsp3) is 0. The number of nitrogens with one attached hydrogen (secondary N) is 1. The van der Waals surface area contributed by atoms with Crippen molar-refractivity contribution >= 4 is 55.6 Å². The van der Waals surface area contributed by atoms with Crippen LogP contribution in [0.4, 0.5) is 10.8 Å². The molecule has 1 aromatic heterocycles. The van der Waals surface area contributed by atoms with E-state index in [9.17, 15) is 4.79 Å². The van der Waals surface area contributed by atoms with Crippen molar-refractivity contribution in [2.45, 2.75) is 0 Å². The lowest BCUT2D eigenvalue weighted by Gasteiger charge is -2.05. The van der Waals surface area contributed by atoms with Crippen LogP contribution in [-0.4, -0.2) is 10.9 Å². The summed E-state index contributed by atoms with van der Waals surface area (Å²) in [6.45, 7) is 0. The molecule has 0 bridgehead atoms. The number of hydrogen-bond acceptors (Lipinski definition) is 4. The lowest BCUT2D eigenvalue weighted by molar-refractivity contribution is 0.102. The number of halogens is 2. The maximum Gasteiger partial charge on any atom is 0.259 e. The summed E-state index contributed by atoms with van der Waals surface area (Å²) in [4.78, 5) is 15.9. The zero-order chi connectivity index (χ0) is 12.4. The highest BCUT2D eigenvalue weighted by molar-refractivity contribution is 9.11. The number of carbonyl (C=O) groups is 1. The molecule has 17 heavy (non-hydrogen) atoms. The zero-order valence-electron chi connectivity index (χ0n) is 8.41. The van der Waals surface area contributed by atoms with E-state index in [1.54, 1.807) is 24.4 Å². The Morgan fingerprint density at radius 3 is 2.94 bits per heavy atom. The molecule has 7 heteroatoms. The van der Waals surface area contributed by atoms with E-state index in [1.807, 2.05) is 0 Å². The summed E-state index contributed by atoms with van der Waals surface area (Å²) in [6.07, 6.45) is 1.61. The van der Waals surface area contributed by atoms with Crippen LogP contribution in [0, 0.1) is 0 Å². The highest BCUT2D eigenvalue weighted by atomic mass is 79.9. The number of aromatic nitrogens is 1. The Labute approximate surface area is 115 Å². The summed E-state index contributed by atoms with van der Waals surface area (Å²) in [5, 5.41) is 3.40. The van der Waals surface area contributed by atoms with Crippen LogP contribution in [0.15, 0.2) is 28.2 Å². The summed E-state index contributed by atoms with van der Waals surface area (Å²) < 4.78 is 0.839. The van der Waals surface area contributed by atoms with Gasteiger partial charge in [0.15, 0.2) is 5.13 Å². The Hall–Kier alpha value is -1.11. The van der Waals surface area contributed by atoms with E-state index in [4.69, 9.17) is 17.3 Å². The van der Waals surface area contributed by atoms with Gasteiger partial charge in [0.2, 0.25) is 0 Å². The molecule has 0 saturated carbocycles. The van der Waals surface area contributed by atoms with Gasteiger partial charge in [-0.05, 0) is 28.1 Å². The first-order valence-electron chi connectivity index (χ1n) is 4.54. The molecular formula is C10H7BrClN3OS. The van der Waals surface area contributed by atoms with Crippen molar-refractivity contribution in [3.05, 3.63) is 38.8 Å². The third-order valence-electron chi connectivity index (χ3n) is 1.97. The van der Waals surface area contributed by atoms with Gasteiger partial charge < -0.3 is 5.73 Å². The smallest absolute Gasteiger partial charge is 0.259 e. The fourth-order valence-electron chi connectivity index (χ4n) is 1.20. The van der Waals surface area contributed by atoms with Gasteiger partial charge in [0.25, 0.3) is 5.91 Å². The van der Waals surface area contributed by atoms with Crippen molar-refractivity contribution in [2.75, 3.05) is 11.1 Å². The lowest BCUT2D eigenvalue weighted by Crippen LogP contribution is -2.12. The van der Waals surface area contributed by atoms with Gasteiger partial charge in [-0.3, -0.25) is 10.1 Å². The number of benzene rings is 1. The number of nitrogens with zero attached hydrogens (tertiary/aromatic N) is 1. The molecule has 0 aliphatic carbocycles. The average Bonchev–Trinajstić information content (AvgIpc) is 2.68. The molecule has 0 spiro atoms. The van der Waals surface area contributed by atoms with Gasteiger partial charge in [0.05, 0.1) is 26.3 Å². The van der Waals surface area contributed by atoms with Crippen LogP contribution in [-0.2, 0) is 0 Å². The Balaban J connectivity index is 2.23. The summed E-state index contributed by atoms with van der Waals surface area (Å²) in [5.41, 5.74) is 6.33. The molecule has 2 aromatic rings. The number of thiazole rings is 1. The van der Waals surface area contributed by atoms with E-state index >= 15 is 0 Å². The van der Waals surface area contributed by atoms with Crippen LogP contribution < -0.4 is 11.1 Å². The number of carbonyl (C=O) groups excluding carboxylic acids is 1. The van der Waals surface area contributed by atoms with Crippen LogP contribution in [0.25, 0.3) is 0 Å². The summed E-state index contributed by atoms with van der Waals surface area (Å²) in [7, 11) is 0.